The van der Waals surface area contributed by atoms with Crippen molar-refractivity contribution in [1.82, 2.24) is 0 Å². The van der Waals surface area contributed by atoms with Crippen LogP contribution in [0.15, 0.2) is 29.2 Å². The van der Waals surface area contributed by atoms with Crippen LogP contribution in [-0.2, 0) is 0 Å². The van der Waals surface area contributed by atoms with E-state index in [9.17, 15) is 5.11 Å². The standard InChI is InChI=1S/C10H15NO2S/c1-14-8-4-2-7(3-5-8)10(13)9(11)6-12/h2-5,9-10,12-13H,6,11H2,1H3/p+1/t9-,10-/m0/s1. The monoisotopic (exact) mass is 214 g/mol. The summed E-state index contributed by atoms with van der Waals surface area (Å²) in [5, 5.41) is 18.6. The highest BCUT2D eigenvalue weighted by Crippen LogP contribution is 2.19. The molecule has 0 saturated heterocycles. The fraction of sp³-hybridized carbons (Fsp3) is 0.400. The highest BCUT2D eigenvalue weighted by Gasteiger charge is 2.18. The lowest BCUT2D eigenvalue weighted by Gasteiger charge is -2.14. The van der Waals surface area contributed by atoms with Crippen molar-refractivity contribution in [3.63, 3.8) is 0 Å². The Morgan fingerprint density at radius 2 is 1.93 bits per heavy atom. The minimum absolute atomic E-state index is 0.106. The fourth-order valence-corrected chi connectivity index (χ4v) is 1.58. The number of quaternary nitrogens is 1. The Balaban J connectivity index is 2.75. The van der Waals surface area contributed by atoms with Crippen LogP contribution in [0.4, 0.5) is 0 Å². The van der Waals surface area contributed by atoms with Gasteiger partial charge in [0.25, 0.3) is 0 Å². The van der Waals surface area contributed by atoms with E-state index in [-0.39, 0.29) is 12.6 Å². The summed E-state index contributed by atoms with van der Waals surface area (Å²) in [6.45, 7) is -0.106. The number of rotatable bonds is 4. The summed E-state index contributed by atoms with van der Waals surface area (Å²) in [6, 6.07) is 7.27. The van der Waals surface area contributed by atoms with Gasteiger partial charge in [-0.15, -0.1) is 11.8 Å². The average Bonchev–Trinajstić information content (AvgIpc) is 2.27. The number of aliphatic hydroxyl groups is 2. The number of benzene rings is 1. The Morgan fingerprint density at radius 3 is 2.36 bits per heavy atom. The molecule has 78 valence electrons. The zero-order valence-corrected chi connectivity index (χ0v) is 9.00. The average molecular weight is 214 g/mol. The number of hydrogen-bond donors (Lipinski definition) is 3. The first kappa shape index (κ1) is 11.5. The van der Waals surface area contributed by atoms with Gasteiger partial charge in [0, 0.05) is 4.90 Å². The van der Waals surface area contributed by atoms with E-state index < -0.39 is 6.10 Å². The first-order chi connectivity index (χ1) is 6.69. The lowest BCUT2D eigenvalue weighted by Crippen LogP contribution is -2.65. The van der Waals surface area contributed by atoms with E-state index >= 15 is 0 Å². The molecule has 0 saturated carbocycles. The van der Waals surface area contributed by atoms with Crippen molar-refractivity contribution < 1.29 is 15.9 Å². The van der Waals surface area contributed by atoms with Crippen LogP contribution in [0.5, 0.6) is 0 Å². The van der Waals surface area contributed by atoms with E-state index in [1.807, 2.05) is 30.5 Å². The number of aliphatic hydroxyl groups excluding tert-OH is 2. The van der Waals surface area contributed by atoms with Crippen LogP contribution in [-0.4, -0.2) is 29.1 Å². The zero-order chi connectivity index (χ0) is 10.6. The predicted octanol–water partition coefficient (Wildman–Crippen LogP) is 0.0447. The normalized spacial score (nSPS) is 15.1. The first-order valence-corrected chi connectivity index (χ1v) is 5.67. The molecule has 14 heavy (non-hydrogen) atoms. The van der Waals surface area contributed by atoms with E-state index in [4.69, 9.17) is 5.11 Å². The van der Waals surface area contributed by atoms with E-state index in [2.05, 4.69) is 5.73 Å². The maximum atomic E-state index is 9.72. The van der Waals surface area contributed by atoms with E-state index in [0.29, 0.717) is 0 Å². The van der Waals surface area contributed by atoms with Crippen LogP contribution >= 0.6 is 11.8 Å². The maximum Gasteiger partial charge on any atom is 0.138 e. The van der Waals surface area contributed by atoms with Gasteiger partial charge < -0.3 is 15.9 Å². The molecule has 0 aliphatic heterocycles. The molecule has 1 rings (SSSR count). The second-order valence-electron chi connectivity index (χ2n) is 3.16. The zero-order valence-electron chi connectivity index (χ0n) is 8.18. The van der Waals surface area contributed by atoms with Crippen molar-refractivity contribution in [2.24, 2.45) is 0 Å². The second kappa shape index (κ2) is 5.36. The molecule has 0 aliphatic carbocycles. The third kappa shape index (κ3) is 2.72. The molecule has 4 heteroatoms. The van der Waals surface area contributed by atoms with Gasteiger partial charge in [0.15, 0.2) is 0 Å². The summed E-state index contributed by atoms with van der Waals surface area (Å²) < 4.78 is 0. The van der Waals surface area contributed by atoms with Crippen molar-refractivity contribution in [2.75, 3.05) is 12.9 Å². The number of hydrogen-bond acceptors (Lipinski definition) is 3. The minimum Gasteiger partial charge on any atom is -0.390 e. The van der Waals surface area contributed by atoms with Crippen molar-refractivity contribution in [1.29, 1.82) is 0 Å². The molecule has 3 nitrogen and oxygen atoms in total. The largest absolute Gasteiger partial charge is 0.390 e. The fourth-order valence-electron chi connectivity index (χ4n) is 1.17. The highest BCUT2D eigenvalue weighted by molar-refractivity contribution is 7.98. The Kier molecular flexibility index (Phi) is 4.41. The smallest absolute Gasteiger partial charge is 0.138 e. The Morgan fingerprint density at radius 1 is 1.36 bits per heavy atom. The summed E-state index contributed by atoms with van der Waals surface area (Å²) in [7, 11) is 0. The molecule has 0 spiro atoms. The third-order valence-electron chi connectivity index (χ3n) is 2.14. The van der Waals surface area contributed by atoms with Crippen LogP contribution in [0.25, 0.3) is 0 Å². The van der Waals surface area contributed by atoms with Crippen LogP contribution in [0.2, 0.25) is 0 Å². The molecule has 2 atom stereocenters. The lowest BCUT2D eigenvalue weighted by atomic mass is 10.0. The van der Waals surface area contributed by atoms with Gasteiger partial charge in [-0.2, -0.15) is 0 Å². The van der Waals surface area contributed by atoms with Gasteiger partial charge >= 0.3 is 0 Å². The summed E-state index contributed by atoms with van der Waals surface area (Å²) in [5.74, 6) is 0. The van der Waals surface area contributed by atoms with Crippen molar-refractivity contribution in [2.45, 2.75) is 17.0 Å². The molecule has 0 aliphatic rings. The molecular weight excluding hydrogens is 198 g/mol. The SMILES string of the molecule is CSc1ccc([C@H](O)[C@@H]([NH3+])CO)cc1. The van der Waals surface area contributed by atoms with Crippen LogP contribution in [0, 0.1) is 0 Å². The van der Waals surface area contributed by atoms with Gasteiger partial charge in [-0.05, 0) is 24.0 Å². The highest BCUT2D eigenvalue weighted by atomic mass is 32.2. The second-order valence-corrected chi connectivity index (χ2v) is 4.04. The van der Waals surface area contributed by atoms with Gasteiger partial charge in [0.05, 0.1) is 6.61 Å². The van der Waals surface area contributed by atoms with Crippen LogP contribution in [0.3, 0.4) is 0 Å². The van der Waals surface area contributed by atoms with Gasteiger partial charge in [-0.3, -0.25) is 0 Å². The van der Waals surface area contributed by atoms with Gasteiger partial charge in [-0.1, -0.05) is 12.1 Å². The Labute approximate surface area is 87.9 Å². The molecule has 1 aromatic rings. The molecule has 0 fully saturated rings. The van der Waals surface area contributed by atoms with Gasteiger partial charge in [0.2, 0.25) is 0 Å². The van der Waals surface area contributed by atoms with Crippen molar-refractivity contribution in [3.8, 4) is 0 Å². The molecule has 0 aromatic heterocycles. The van der Waals surface area contributed by atoms with Crippen LogP contribution < -0.4 is 5.73 Å². The van der Waals surface area contributed by atoms with Gasteiger partial charge in [0.1, 0.15) is 12.1 Å². The molecule has 0 radical (unpaired) electrons. The minimum atomic E-state index is -0.684. The van der Waals surface area contributed by atoms with Gasteiger partial charge in [-0.25, -0.2) is 0 Å². The van der Waals surface area contributed by atoms with E-state index in [1.165, 1.54) is 0 Å². The quantitative estimate of drug-likeness (QED) is 0.620. The summed E-state index contributed by atoms with van der Waals surface area (Å²) in [4.78, 5) is 1.16. The molecule has 0 amide bonds. The Hall–Kier alpha value is -0.550. The summed E-state index contributed by atoms with van der Waals surface area (Å²) in [5.41, 5.74) is 4.47. The lowest BCUT2D eigenvalue weighted by molar-refractivity contribution is -0.444. The predicted molar refractivity (Wildman–Crippen MR) is 56.9 cm³/mol. The molecule has 5 N–H and O–H groups in total. The third-order valence-corrected chi connectivity index (χ3v) is 2.88. The van der Waals surface area contributed by atoms with Crippen LogP contribution in [0.1, 0.15) is 11.7 Å². The van der Waals surface area contributed by atoms with Crippen molar-refractivity contribution in [3.05, 3.63) is 29.8 Å². The summed E-state index contributed by atoms with van der Waals surface area (Å²) in [6.07, 6.45) is 1.32. The molecule has 0 heterocycles. The van der Waals surface area contributed by atoms with E-state index in [1.54, 1.807) is 11.8 Å². The first-order valence-electron chi connectivity index (χ1n) is 4.45. The molecule has 1 aromatic carbocycles. The van der Waals surface area contributed by atoms with Crippen molar-refractivity contribution >= 4 is 11.8 Å². The van der Waals surface area contributed by atoms with E-state index in [0.717, 1.165) is 10.5 Å². The summed E-state index contributed by atoms with van der Waals surface area (Å²) >= 11 is 1.66. The number of thioether (sulfide) groups is 1. The Bertz CT molecular complexity index is 276. The molecular formula is C10H16NO2S+. The maximum absolute atomic E-state index is 9.72. The molecule has 0 bridgehead atoms. The molecule has 0 unspecified atom stereocenters. The topological polar surface area (TPSA) is 68.1 Å².